The average molecular weight is 275 g/mol. The van der Waals surface area contributed by atoms with E-state index in [2.05, 4.69) is 10.1 Å². The third-order valence-electron chi connectivity index (χ3n) is 3.19. The monoisotopic (exact) mass is 275 g/mol. The van der Waals surface area contributed by atoms with Crippen LogP contribution in [0.1, 0.15) is 42.9 Å². The normalized spacial score (nSPS) is 12.8. The summed E-state index contributed by atoms with van der Waals surface area (Å²) in [5, 5.41) is 14.5. The number of hydrogen-bond acceptors (Lipinski definition) is 4. The highest BCUT2D eigenvalue weighted by atomic mass is 16.5. The molecular formula is C15H21N3O2. The lowest BCUT2D eigenvalue weighted by atomic mass is 10.0. The lowest BCUT2D eigenvalue weighted by molar-refractivity contribution is 0.172. The second kappa shape index (κ2) is 6.63. The van der Waals surface area contributed by atoms with Crippen molar-refractivity contribution in [1.82, 2.24) is 14.8 Å². The minimum Gasteiger partial charge on any atom is -0.388 e. The molecule has 0 aliphatic rings. The summed E-state index contributed by atoms with van der Waals surface area (Å²) in [6.07, 6.45) is 1.42. The molecule has 108 valence electrons. The number of nitrogens with zero attached hydrogens (tertiary/aromatic N) is 3. The zero-order valence-electron chi connectivity index (χ0n) is 12.2. The highest BCUT2D eigenvalue weighted by Crippen LogP contribution is 2.19. The second-order valence-electron chi connectivity index (χ2n) is 5.11. The molecule has 2 aromatic rings. The summed E-state index contributed by atoms with van der Waals surface area (Å²) in [6, 6.07) is 8.03. The van der Waals surface area contributed by atoms with Crippen molar-refractivity contribution in [2.75, 3.05) is 7.11 Å². The van der Waals surface area contributed by atoms with Gasteiger partial charge in [0.25, 0.3) is 0 Å². The zero-order valence-corrected chi connectivity index (χ0v) is 12.2. The van der Waals surface area contributed by atoms with Crippen molar-refractivity contribution >= 4 is 0 Å². The molecule has 20 heavy (non-hydrogen) atoms. The molecule has 5 nitrogen and oxygen atoms in total. The SMILES string of the molecule is COCc1ccc(C(O)Cc2ncnn2C(C)C)cc1. The molecule has 0 fully saturated rings. The van der Waals surface area contributed by atoms with Crippen LogP contribution in [0.25, 0.3) is 0 Å². The summed E-state index contributed by atoms with van der Waals surface area (Å²) in [7, 11) is 1.67. The fourth-order valence-corrected chi connectivity index (χ4v) is 2.14. The first kappa shape index (κ1) is 14.7. The van der Waals surface area contributed by atoms with Crippen LogP contribution in [0.2, 0.25) is 0 Å². The summed E-state index contributed by atoms with van der Waals surface area (Å²) >= 11 is 0. The van der Waals surface area contributed by atoms with Crippen LogP contribution in [-0.4, -0.2) is 27.0 Å². The van der Waals surface area contributed by atoms with Crippen LogP contribution in [0.15, 0.2) is 30.6 Å². The van der Waals surface area contributed by atoms with Crippen molar-refractivity contribution in [1.29, 1.82) is 0 Å². The molecule has 1 heterocycles. The van der Waals surface area contributed by atoms with Gasteiger partial charge in [-0.15, -0.1) is 0 Å². The van der Waals surface area contributed by atoms with E-state index in [1.54, 1.807) is 7.11 Å². The maximum Gasteiger partial charge on any atom is 0.138 e. The summed E-state index contributed by atoms with van der Waals surface area (Å²) in [4.78, 5) is 4.22. The van der Waals surface area contributed by atoms with Gasteiger partial charge in [0.15, 0.2) is 0 Å². The first-order valence-electron chi connectivity index (χ1n) is 6.76. The van der Waals surface area contributed by atoms with Crippen molar-refractivity contribution in [2.24, 2.45) is 0 Å². The molecule has 1 atom stereocenters. The number of methoxy groups -OCH3 is 1. The Bertz CT molecular complexity index is 534. The molecule has 0 saturated heterocycles. The first-order chi connectivity index (χ1) is 9.61. The molecule has 0 aliphatic heterocycles. The largest absolute Gasteiger partial charge is 0.388 e. The van der Waals surface area contributed by atoms with Crippen molar-refractivity contribution in [3.05, 3.63) is 47.5 Å². The molecule has 0 radical (unpaired) electrons. The van der Waals surface area contributed by atoms with Crippen LogP contribution in [0.5, 0.6) is 0 Å². The number of aliphatic hydroxyl groups excluding tert-OH is 1. The summed E-state index contributed by atoms with van der Waals surface area (Å²) < 4.78 is 6.91. The van der Waals surface area contributed by atoms with Gasteiger partial charge in [-0.2, -0.15) is 5.10 Å². The summed E-state index contributed by atoms with van der Waals surface area (Å²) in [6.45, 7) is 4.67. The van der Waals surface area contributed by atoms with Crippen molar-refractivity contribution in [2.45, 2.75) is 39.0 Å². The number of ether oxygens (including phenoxy) is 1. The molecule has 2 rings (SSSR count). The number of aromatic nitrogens is 3. The van der Waals surface area contributed by atoms with Gasteiger partial charge in [-0.25, -0.2) is 9.67 Å². The predicted molar refractivity (Wildman–Crippen MR) is 76.2 cm³/mol. The van der Waals surface area contributed by atoms with E-state index in [9.17, 15) is 5.11 Å². The van der Waals surface area contributed by atoms with Crippen LogP contribution >= 0.6 is 0 Å². The zero-order chi connectivity index (χ0) is 14.5. The van der Waals surface area contributed by atoms with Crippen LogP contribution in [-0.2, 0) is 17.8 Å². The first-order valence-corrected chi connectivity index (χ1v) is 6.76. The van der Waals surface area contributed by atoms with Gasteiger partial charge in [0.1, 0.15) is 12.2 Å². The Balaban J connectivity index is 2.07. The highest BCUT2D eigenvalue weighted by molar-refractivity contribution is 5.24. The van der Waals surface area contributed by atoms with Gasteiger partial charge in [-0.1, -0.05) is 24.3 Å². The molecule has 1 aromatic heterocycles. The lowest BCUT2D eigenvalue weighted by Gasteiger charge is -2.14. The Kier molecular flexibility index (Phi) is 4.87. The van der Waals surface area contributed by atoms with Gasteiger partial charge >= 0.3 is 0 Å². The average Bonchev–Trinajstić information content (AvgIpc) is 2.88. The van der Waals surface area contributed by atoms with E-state index in [0.717, 1.165) is 17.0 Å². The quantitative estimate of drug-likeness (QED) is 0.878. The minimum atomic E-state index is -0.576. The lowest BCUT2D eigenvalue weighted by Crippen LogP contribution is -2.12. The Morgan fingerprint density at radius 1 is 1.25 bits per heavy atom. The molecule has 1 aromatic carbocycles. The fourth-order valence-electron chi connectivity index (χ4n) is 2.14. The number of aliphatic hydroxyl groups is 1. The number of hydrogen-bond donors (Lipinski definition) is 1. The molecule has 0 spiro atoms. The molecule has 0 aliphatic carbocycles. The van der Waals surface area contributed by atoms with Crippen LogP contribution in [0, 0.1) is 0 Å². The maximum absolute atomic E-state index is 10.3. The smallest absolute Gasteiger partial charge is 0.138 e. The third-order valence-corrected chi connectivity index (χ3v) is 3.19. The van der Waals surface area contributed by atoms with E-state index < -0.39 is 6.10 Å². The topological polar surface area (TPSA) is 60.2 Å². The molecule has 0 saturated carbocycles. The van der Waals surface area contributed by atoms with E-state index in [1.165, 1.54) is 6.33 Å². The number of rotatable bonds is 6. The van der Waals surface area contributed by atoms with Crippen molar-refractivity contribution in [3.8, 4) is 0 Å². The summed E-state index contributed by atoms with van der Waals surface area (Å²) in [5.41, 5.74) is 1.97. The van der Waals surface area contributed by atoms with Crippen LogP contribution in [0.3, 0.4) is 0 Å². The predicted octanol–water partition coefficient (Wildman–Crippen LogP) is 2.28. The molecule has 0 amide bonds. The molecule has 1 unspecified atom stereocenters. The minimum absolute atomic E-state index is 0.240. The van der Waals surface area contributed by atoms with E-state index >= 15 is 0 Å². The maximum atomic E-state index is 10.3. The van der Waals surface area contributed by atoms with Gasteiger partial charge in [-0.05, 0) is 25.0 Å². The van der Waals surface area contributed by atoms with Crippen molar-refractivity contribution in [3.63, 3.8) is 0 Å². The van der Waals surface area contributed by atoms with E-state index in [-0.39, 0.29) is 6.04 Å². The van der Waals surface area contributed by atoms with Gasteiger partial charge in [0.2, 0.25) is 0 Å². The van der Waals surface area contributed by atoms with Crippen molar-refractivity contribution < 1.29 is 9.84 Å². The Morgan fingerprint density at radius 2 is 1.95 bits per heavy atom. The standard InChI is InChI=1S/C15H21N3O2/c1-11(2)18-15(16-10-17-18)8-14(19)13-6-4-12(5-7-13)9-20-3/h4-7,10-11,14,19H,8-9H2,1-3H3. The van der Waals surface area contributed by atoms with Crippen LogP contribution in [0.4, 0.5) is 0 Å². The molecule has 0 bridgehead atoms. The van der Waals surface area contributed by atoms with Gasteiger partial charge in [0, 0.05) is 19.6 Å². The highest BCUT2D eigenvalue weighted by Gasteiger charge is 2.14. The Morgan fingerprint density at radius 3 is 2.55 bits per heavy atom. The number of benzene rings is 1. The molecule has 5 heteroatoms. The fraction of sp³-hybridized carbons (Fsp3) is 0.467. The van der Waals surface area contributed by atoms with E-state index in [1.807, 2.05) is 42.8 Å². The Labute approximate surface area is 119 Å². The molecular weight excluding hydrogens is 254 g/mol. The second-order valence-corrected chi connectivity index (χ2v) is 5.11. The Hall–Kier alpha value is -1.72. The van der Waals surface area contributed by atoms with Gasteiger partial charge in [-0.3, -0.25) is 0 Å². The third kappa shape index (κ3) is 3.43. The van der Waals surface area contributed by atoms with Crippen LogP contribution < -0.4 is 0 Å². The van der Waals surface area contributed by atoms with E-state index in [0.29, 0.717) is 13.0 Å². The van der Waals surface area contributed by atoms with Gasteiger partial charge in [0.05, 0.1) is 12.7 Å². The summed E-state index contributed by atoms with van der Waals surface area (Å²) in [5.74, 6) is 0.800. The molecule has 1 N–H and O–H groups in total. The van der Waals surface area contributed by atoms with Gasteiger partial charge < -0.3 is 9.84 Å². The van der Waals surface area contributed by atoms with E-state index in [4.69, 9.17) is 4.74 Å².